The Morgan fingerprint density at radius 2 is 1.71 bits per heavy atom. The number of nitrogens with zero attached hydrogens (tertiary/aromatic N) is 2. The van der Waals surface area contributed by atoms with E-state index in [1.807, 2.05) is 12.1 Å². The molecule has 6 heteroatoms. The van der Waals surface area contributed by atoms with E-state index in [2.05, 4.69) is 22.2 Å². The number of ether oxygens (including phenoxy) is 2. The van der Waals surface area contributed by atoms with Crippen molar-refractivity contribution in [3.05, 3.63) is 35.2 Å². The molecule has 0 aliphatic heterocycles. The van der Waals surface area contributed by atoms with Gasteiger partial charge in [0.15, 0.2) is 0 Å². The number of hydrogen-bond acceptors (Lipinski definition) is 5. The second-order valence-electron chi connectivity index (χ2n) is 4.47. The van der Waals surface area contributed by atoms with Crippen LogP contribution in [-0.2, 0) is 6.42 Å². The van der Waals surface area contributed by atoms with Crippen LogP contribution in [0.5, 0.6) is 11.5 Å². The van der Waals surface area contributed by atoms with Gasteiger partial charge in [-0.15, -0.1) is 0 Å². The Morgan fingerprint density at radius 3 is 2.29 bits per heavy atom. The van der Waals surface area contributed by atoms with Crippen molar-refractivity contribution in [3.8, 4) is 11.5 Å². The zero-order valence-corrected chi connectivity index (χ0v) is 13.1. The van der Waals surface area contributed by atoms with Crippen LogP contribution in [0.4, 0.5) is 11.5 Å². The molecule has 1 heterocycles. The first-order chi connectivity index (χ1) is 10.1. The molecular formula is C15H18ClN3O2. The SMILES string of the molecule is CCCc1nc(Cl)cc(Nc2cc(OC)cc(OC)c2)n1. The highest BCUT2D eigenvalue weighted by atomic mass is 35.5. The minimum Gasteiger partial charge on any atom is -0.497 e. The number of anilines is 2. The van der Waals surface area contributed by atoms with Gasteiger partial charge >= 0.3 is 0 Å². The summed E-state index contributed by atoms with van der Waals surface area (Å²) in [5.41, 5.74) is 0.809. The molecule has 1 aromatic heterocycles. The van der Waals surface area contributed by atoms with Gasteiger partial charge in [-0.1, -0.05) is 18.5 Å². The lowest BCUT2D eigenvalue weighted by molar-refractivity contribution is 0.395. The highest BCUT2D eigenvalue weighted by molar-refractivity contribution is 6.29. The standard InChI is InChI=1S/C15H18ClN3O2/c1-4-5-14-18-13(16)9-15(19-14)17-10-6-11(20-2)8-12(7-10)21-3/h6-9H,4-5H2,1-3H3,(H,17,18,19). The van der Waals surface area contributed by atoms with Crippen LogP contribution in [0, 0.1) is 0 Å². The number of rotatable bonds is 6. The van der Waals surface area contributed by atoms with E-state index in [-0.39, 0.29) is 0 Å². The zero-order chi connectivity index (χ0) is 15.2. The van der Waals surface area contributed by atoms with Crippen molar-refractivity contribution in [1.29, 1.82) is 0 Å². The molecule has 0 radical (unpaired) electrons. The number of benzene rings is 1. The fourth-order valence-corrected chi connectivity index (χ4v) is 2.09. The Morgan fingerprint density at radius 1 is 1.05 bits per heavy atom. The van der Waals surface area contributed by atoms with Gasteiger partial charge in [0, 0.05) is 36.4 Å². The molecule has 0 unspecified atom stereocenters. The molecule has 0 spiro atoms. The summed E-state index contributed by atoms with van der Waals surface area (Å²) in [7, 11) is 3.22. The van der Waals surface area contributed by atoms with E-state index in [4.69, 9.17) is 21.1 Å². The Balaban J connectivity index is 2.28. The second-order valence-corrected chi connectivity index (χ2v) is 4.86. The van der Waals surface area contributed by atoms with E-state index in [1.54, 1.807) is 26.4 Å². The predicted molar refractivity (Wildman–Crippen MR) is 83.9 cm³/mol. The summed E-state index contributed by atoms with van der Waals surface area (Å²) in [6.07, 6.45) is 1.75. The molecule has 1 aromatic carbocycles. The number of methoxy groups -OCH3 is 2. The van der Waals surface area contributed by atoms with Gasteiger partial charge < -0.3 is 14.8 Å². The molecule has 0 aliphatic carbocycles. The van der Waals surface area contributed by atoms with Crippen molar-refractivity contribution in [3.63, 3.8) is 0 Å². The van der Waals surface area contributed by atoms with Crippen LogP contribution < -0.4 is 14.8 Å². The average Bonchev–Trinajstić information content (AvgIpc) is 2.46. The molecule has 112 valence electrons. The van der Waals surface area contributed by atoms with Crippen LogP contribution in [0.15, 0.2) is 24.3 Å². The lowest BCUT2D eigenvalue weighted by atomic mass is 10.2. The molecule has 0 atom stereocenters. The maximum Gasteiger partial charge on any atom is 0.135 e. The predicted octanol–water partition coefficient (Wildman–Crippen LogP) is 3.84. The summed E-state index contributed by atoms with van der Waals surface area (Å²) in [5.74, 6) is 2.77. The minimum atomic E-state index is 0.422. The third-order valence-electron chi connectivity index (χ3n) is 2.84. The lowest BCUT2D eigenvalue weighted by Gasteiger charge is -2.11. The highest BCUT2D eigenvalue weighted by Gasteiger charge is 2.06. The summed E-state index contributed by atoms with van der Waals surface area (Å²) < 4.78 is 10.5. The number of nitrogens with one attached hydrogen (secondary N) is 1. The van der Waals surface area contributed by atoms with Crippen LogP contribution in [0.3, 0.4) is 0 Å². The summed E-state index contributed by atoms with van der Waals surface area (Å²) in [6.45, 7) is 2.07. The smallest absolute Gasteiger partial charge is 0.135 e. The lowest BCUT2D eigenvalue weighted by Crippen LogP contribution is -2.01. The zero-order valence-electron chi connectivity index (χ0n) is 12.3. The maximum absolute atomic E-state index is 6.03. The van der Waals surface area contributed by atoms with Gasteiger partial charge in [-0.2, -0.15) is 0 Å². The van der Waals surface area contributed by atoms with Crippen molar-refractivity contribution >= 4 is 23.1 Å². The first-order valence-corrected chi connectivity index (χ1v) is 7.06. The van der Waals surface area contributed by atoms with Crippen molar-refractivity contribution in [1.82, 2.24) is 9.97 Å². The molecule has 0 fully saturated rings. The van der Waals surface area contributed by atoms with Crippen molar-refractivity contribution in [2.75, 3.05) is 19.5 Å². The molecule has 21 heavy (non-hydrogen) atoms. The van der Waals surface area contributed by atoms with Crippen molar-refractivity contribution in [2.24, 2.45) is 0 Å². The largest absolute Gasteiger partial charge is 0.497 e. The topological polar surface area (TPSA) is 56.3 Å². The second kappa shape index (κ2) is 7.13. The van der Waals surface area contributed by atoms with Gasteiger partial charge in [-0.05, 0) is 6.42 Å². The monoisotopic (exact) mass is 307 g/mol. The number of aryl methyl sites for hydroxylation is 1. The van der Waals surface area contributed by atoms with Gasteiger partial charge in [0.05, 0.1) is 14.2 Å². The molecular weight excluding hydrogens is 290 g/mol. The fraction of sp³-hybridized carbons (Fsp3) is 0.333. The summed E-state index contributed by atoms with van der Waals surface area (Å²) in [4.78, 5) is 8.64. The fourth-order valence-electron chi connectivity index (χ4n) is 1.89. The molecule has 2 aromatic rings. The van der Waals surface area contributed by atoms with E-state index in [0.717, 1.165) is 24.4 Å². The average molecular weight is 308 g/mol. The van der Waals surface area contributed by atoms with Crippen LogP contribution in [0.1, 0.15) is 19.2 Å². The van der Waals surface area contributed by atoms with E-state index in [0.29, 0.717) is 22.5 Å². The Bertz CT molecular complexity index is 598. The van der Waals surface area contributed by atoms with Crippen LogP contribution in [0.25, 0.3) is 0 Å². The molecule has 0 amide bonds. The first-order valence-electron chi connectivity index (χ1n) is 6.68. The molecule has 5 nitrogen and oxygen atoms in total. The molecule has 2 rings (SSSR count). The van der Waals surface area contributed by atoms with Gasteiger partial charge in [0.25, 0.3) is 0 Å². The Kier molecular flexibility index (Phi) is 5.22. The quantitative estimate of drug-likeness (QED) is 0.822. The highest BCUT2D eigenvalue weighted by Crippen LogP contribution is 2.28. The van der Waals surface area contributed by atoms with Crippen molar-refractivity contribution < 1.29 is 9.47 Å². The minimum absolute atomic E-state index is 0.422. The van der Waals surface area contributed by atoms with Crippen molar-refractivity contribution in [2.45, 2.75) is 19.8 Å². The summed E-state index contributed by atoms with van der Waals surface area (Å²) >= 11 is 6.03. The third kappa shape index (κ3) is 4.23. The number of halogens is 1. The van der Waals surface area contributed by atoms with Gasteiger partial charge in [0.2, 0.25) is 0 Å². The molecule has 0 saturated heterocycles. The number of hydrogen-bond donors (Lipinski definition) is 1. The van der Waals surface area contributed by atoms with E-state index in [9.17, 15) is 0 Å². The third-order valence-corrected chi connectivity index (χ3v) is 3.03. The van der Waals surface area contributed by atoms with Crippen LogP contribution in [-0.4, -0.2) is 24.2 Å². The summed E-state index contributed by atoms with van der Waals surface area (Å²) in [6, 6.07) is 7.21. The molecule has 0 saturated carbocycles. The Hall–Kier alpha value is -2.01. The normalized spacial score (nSPS) is 10.3. The maximum atomic E-state index is 6.03. The van der Waals surface area contributed by atoms with Gasteiger partial charge in [-0.3, -0.25) is 0 Å². The van der Waals surface area contributed by atoms with E-state index >= 15 is 0 Å². The van der Waals surface area contributed by atoms with E-state index < -0.39 is 0 Å². The van der Waals surface area contributed by atoms with Crippen LogP contribution >= 0.6 is 11.6 Å². The first kappa shape index (κ1) is 15.4. The molecule has 1 N–H and O–H groups in total. The molecule has 0 bridgehead atoms. The summed E-state index contributed by atoms with van der Waals surface area (Å²) in [5, 5.41) is 3.62. The number of aromatic nitrogens is 2. The van der Waals surface area contributed by atoms with Gasteiger partial charge in [0.1, 0.15) is 28.3 Å². The molecule has 0 aliphatic rings. The van der Waals surface area contributed by atoms with Gasteiger partial charge in [-0.25, -0.2) is 9.97 Å². The van der Waals surface area contributed by atoms with Crippen LogP contribution in [0.2, 0.25) is 5.15 Å². The Labute approximate surface area is 129 Å². The van der Waals surface area contributed by atoms with E-state index in [1.165, 1.54) is 0 Å².